The molecule has 7 aromatic carbocycles. The Kier molecular flexibility index (Phi) is 7.12. The highest BCUT2D eigenvalue weighted by Crippen LogP contribution is 2.46. The van der Waals surface area contributed by atoms with Crippen molar-refractivity contribution in [3.05, 3.63) is 169 Å². The van der Waals surface area contributed by atoms with Gasteiger partial charge in [-0.05, 0) is 97.1 Å². The third kappa shape index (κ3) is 4.99. The number of hydrogen-bond acceptors (Lipinski definition) is 4. The summed E-state index contributed by atoms with van der Waals surface area (Å²) in [6, 6.07) is 53.4. The number of anilines is 6. The summed E-state index contributed by atoms with van der Waals surface area (Å²) in [5.74, 6) is -0.252. The van der Waals surface area contributed by atoms with Gasteiger partial charge in [-0.3, -0.25) is 0 Å². The number of hydrogen-bond donors (Lipinski definition) is 0. The molecule has 0 atom stereocenters. The van der Waals surface area contributed by atoms with Crippen LogP contribution >= 0.6 is 34.3 Å². The molecule has 0 fully saturated rings. The topological polar surface area (TPSA) is 6.48 Å². The summed E-state index contributed by atoms with van der Waals surface area (Å²) in [4.78, 5) is 4.46. The second-order valence-corrected chi connectivity index (χ2v) is 14.3. The zero-order chi connectivity index (χ0) is 32.2. The Balaban J connectivity index is 1.18. The highest BCUT2D eigenvalue weighted by molar-refractivity contribution is 7.26. The molecule has 0 aliphatic heterocycles. The molecule has 0 saturated carbocycles. The zero-order valence-electron chi connectivity index (χ0n) is 25.5. The van der Waals surface area contributed by atoms with E-state index in [1.54, 1.807) is 22.7 Å². The first kappa shape index (κ1) is 29.0. The summed E-state index contributed by atoms with van der Waals surface area (Å²) in [7, 11) is 0. The Hall–Kier alpha value is -5.20. The van der Waals surface area contributed by atoms with Crippen molar-refractivity contribution in [1.29, 1.82) is 0 Å². The Labute approximate surface area is 290 Å². The smallest absolute Gasteiger partial charge is 0.123 e. The number of thiophene rings is 2. The van der Waals surface area contributed by atoms with Gasteiger partial charge in [0.2, 0.25) is 0 Å². The fourth-order valence-corrected chi connectivity index (χ4v) is 9.25. The molecule has 9 aromatic rings. The second-order valence-electron chi connectivity index (χ2n) is 11.7. The van der Waals surface area contributed by atoms with E-state index in [2.05, 4.69) is 119 Å². The molecule has 0 spiro atoms. The Bertz CT molecular complexity index is 2600. The molecular formula is C42H26ClFN2S2. The predicted octanol–water partition coefficient (Wildman–Crippen LogP) is 14.2. The maximum absolute atomic E-state index is 13.9. The molecule has 2 aromatic heterocycles. The van der Waals surface area contributed by atoms with Crippen LogP contribution in [0.25, 0.3) is 40.3 Å². The lowest BCUT2D eigenvalue weighted by Crippen LogP contribution is -2.09. The van der Waals surface area contributed by atoms with Gasteiger partial charge in [-0.25, -0.2) is 4.39 Å². The first-order valence-electron chi connectivity index (χ1n) is 15.6. The van der Waals surface area contributed by atoms with E-state index in [-0.39, 0.29) is 5.82 Å². The summed E-state index contributed by atoms with van der Waals surface area (Å²) < 4.78 is 18.7. The van der Waals surface area contributed by atoms with Crippen molar-refractivity contribution < 1.29 is 4.39 Å². The molecule has 0 N–H and O–H groups in total. The minimum absolute atomic E-state index is 0.252. The fourth-order valence-electron chi connectivity index (χ4n) is 6.59. The van der Waals surface area contributed by atoms with Gasteiger partial charge in [0.1, 0.15) is 5.82 Å². The predicted molar refractivity (Wildman–Crippen MR) is 207 cm³/mol. The molecule has 2 nitrogen and oxygen atoms in total. The second kappa shape index (κ2) is 11.8. The molecule has 0 aliphatic rings. The molecule has 230 valence electrons. The van der Waals surface area contributed by atoms with Crippen LogP contribution in [-0.4, -0.2) is 0 Å². The minimum Gasteiger partial charge on any atom is -0.310 e. The van der Waals surface area contributed by atoms with Crippen molar-refractivity contribution in [3.63, 3.8) is 0 Å². The minimum atomic E-state index is -0.252. The van der Waals surface area contributed by atoms with Crippen LogP contribution in [0.4, 0.5) is 38.5 Å². The lowest BCUT2D eigenvalue weighted by atomic mass is 10.1. The van der Waals surface area contributed by atoms with Gasteiger partial charge in [0, 0.05) is 74.5 Å². The number of halogens is 2. The van der Waals surface area contributed by atoms with Gasteiger partial charge >= 0.3 is 0 Å². The summed E-state index contributed by atoms with van der Waals surface area (Å²) in [5, 5.41) is 5.42. The summed E-state index contributed by atoms with van der Waals surface area (Å²) >= 11 is 10.6. The van der Waals surface area contributed by atoms with E-state index >= 15 is 0 Å². The molecule has 0 amide bonds. The van der Waals surface area contributed by atoms with Crippen LogP contribution in [0.2, 0.25) is 5.02 Å². The van der Waals surface area contributed by atoms with E-state index in [9.17, 15) is 4.39 Å². The standard InChI is InChI=1S/C42H26ClFN2S2/c43-37-24-33(26-41-42(37)35-13-7-8-14-38(35)48-41)46(29-11-5-2-6-12-29)32-19-21-34-36-23-31(20-22-39(36)47-40(34)25-32)45(28-9-3-1-4-10-28)30-17-15-27(44)16-18-30/h1-26H. The summed E-state index contributed by atoms with van der Waals surface area (Å²) in [6.45, 7) is 0. The molecule has 9 rings (SSSR count). The van der Waals surface area contributed by atoms with Crippen molar-refractivity contribution in [2.24, 2.45) is 0 Å². The van der Waals surface area contributed by atoms with Crippen LogP contribution in [0, 0.1) is 5.82 Å². The van der Waals surface area contributed by atoms with E-state index < -0.39 is 0 Å². The van der Waals surface area contributed by atoms with Crippen LogP contribution in [0.1, 0.15) is 0 Å². The van der Waals surface area contributed by atoms with Crippen LogP contribution in [-0.2, 0) is 0 Å². The third-order valence-electron chi connectivity index (χ3n) is 8.74. The van der Waals surface area contributed by atoms with Crippen molar-refractivity contribution in [1.82, 2.24) is 0 Å². The average Bonchev–Trinajstić information content (AvgIpc) is 3.68. The van der Waals surface area contributed by atoms with Gasteiger partial charge in [0.15, 0.2) is 0 Å². The van der Waals surface area contributed by atoms with Crippen LogP contribution in [0.3, 0.4) is 0 Å². The number of para-hydroxylation sites is 2. The molecule has 6 heteroatoms. The van der Waals surface area contributed by atoms with Crippen molar-refractivity contribution in [2.75, 3.05) is 9.80 Å². The van der Waals surface area contributed by atoms with E-state index in [1.165, 1.54) is 47.1 Å². The molecule has 48 heavy (non-hydrogen) atoms. The largest absolute Gasteiger partial charge is 0.310 e. The zero-order valence-corrected chi connectivity index (χ0v) is 27.9. The van der Waals surface area contributed by atoms with Crippen LogP contribution in [0.15, 0.2) is 158 Å². The molecule has 2 heterocycles. The Morgan fingerprint density at radius 3 is 1.69 bits per heavy atom. The summed E-state index contributed by atoms with van der Waals surface area (Å²) in [5.41, 5.74) is 6.07. The van der Waals surface area contributed by atoms with E-state index in [0.717, 1.165) is 44.5 Å². The van der Waals surface area contributed by atoms with Gasteiger partial charge in [0.25, 0.3) is 0 Å². The van der Waals surface area contributed by atoms with E-state index in [1.807, 2.05) is 36.4 Å². The Morgan fingerprint density at radius 1 is 0.396 bits per heavy atom. The Morgan fingerprint density at radius 2 is 0.938 bits per heavy atom. The fraction of sp³-hybridized carbons (Fsp3) is 0. The highest BCUT2D eigenvalue weighted by atomic mass is 35.5. The summed E-state index contributed by atoms with van der Waals surface area (Å²) in [6.07, 6.45) is 0. The first-order valence-corrected chi connectivity index (χ1v) is 17.6. The highest BCUT2D eigenvalue weighted by Gasteiger charge is 2.19. The number of rotatable bonds is 6. The van der Waals surface area contributed by atoms with Crippen molar-refractivity contribution in [3.8, 4) is 0 Å². The SMILES string of the molecule is Fc1ccc(N(c2ccccc2)c2ccc3sc4cc(N(c5ccccc5)c5cc(Cl)c6c(c5)sc5ccccc56)ccc4c3c2)cc1. The maximum atomic E-state index is 13.9. The van der Waals surface area contributed by atoms with E-state index in [0.29, 0.717) is 0 Å². The van der Waals surface area contributed by atoms with Gasteiger partial charge in [0.05, 0.1) is 5.02 Å². The maximum Gasteiger partial charge on any atom is 0.123 e. The average molecular weight is 677 g/mol. The number of benzene rings is 7. The van der Waals surface area contributed by atoms with Crippen molar-refractivity contribution >= 4 is 109 Å². The van der Waals surface area contributed by atoms with Gasteiger partial charge < -0.3 is 9.80 Å². The van der Waals surface area contributed by atoms with Gasteiger partial charge in [-0.15, -0.1) is 22.7 Å². The van der Waals surface area contributed by atoms with Gasteiger partial charge in [-0.2, -0.15) is 0 Å². The molecule has 0 saturated heterocycles. The molecule has 0 radical (unpaired) electrons. The monoisotopic (exact) mass is 676 g/mol. The first-order chi connectivity index (χ1) is 23.6. The third-order valence-corrected chi connectivity index (χ3v) is 11.3. The van der Waals surface area contributed by atoms with E-state index in [4.69, 9.17) is 11.6 Å². The molecule has 0 aliphatic carbocycles. The van der Waals surface area contributed by atoms with Crippen LogP contribution < -0.4 is 9.80 Å². The lowest BCUT2D eigenvalue weighted by molar-refractivity contribution is 0.628. The van der Waals surface area contributed by atoms with Crippen LogP contribution in [0.5, 0.6) is 0 Å². The van der Waals surface area contributed by atoms with Gasteiger partial charge in [-0.1, -0.05) is 72.3 Å². The molecule has 0 bridgehead atoms. The molecular weight excluding hydrogens is 651 g/mol. The lowest BCUT2D eigenvalue weighted by Gasteiger charge is -2.26. The quantitative estimate of drug-likeness (QED) is 0.173. The number of fused-ring (bicyclic) bond motifs is 6. The number of nitrogens with zero attached hydrogens (tertiary/aromatic N) is 2. The van der Waals surface area contributed by atoms with Crippen molar-refractivity contribution in [2.45, 2.75) is 0 Å². The molecule has 0 unspecified atom stereocenters. The normalized spacial score (nSPS) is 11.5.